The number of nitrogens with one attached hydrogen (secondary N) is 1. The van der Waals surface area contributed by atoms with Crippen LogP contribution in [0.1, 0.15) is 12.8 Å². The average Bonchev–Trinajstić information content (AvgIpc) is 3.18. The molecule has 0 aliphatic carbocycles. The number of likely N-dealkylation sites (tertiary alicyclic amines) is 1. The minimum Gasteiger partial charge on any atom is -0.384 e. The molecule has 0 amide bonds. The van der Waals surface area contributed by atoms with Crippen LogP contribution in [-0.4, -0.2) is 88.9 Å². The monoisotopic (exact) mass is 373 g/mol. The Morgan fingerprint density at radius 2 is 1.93 bits per heavy atom. The number of piperazine rings is 1. The first-order valence-electron chi connectivity index (χ1n) is 10.3. The normalized spacial score (nSPS) is 21.7. The van der Waals surface area contributed by atoms with Gasteiger partial charge in [0.1, 0.15) is 0 Å². The SMILES string of the molecule is CN=C(NCCCN1CCN(c2ccccc2)CC1)N1CCC(COC)C1. The fraction of sp³-hybridized carbons (Fsp3) is 0.667. The number of guanidine groups is 1. The lowest BCUT2D eigenvalue weighted by Crippen LogP contribution is -2.47. The first kappa shape index (κ1) is 20.0. The number of ether oxygens (including phenoxy) is 1. The highest BCUT2D eigenvalue weighted by molar-refractivity contribution is 5.80. The fourth-order valence-electron chi connectivity index (χ4n) is 4.10. The summed E-state index contributed by atoms with van der Waals surface area (Å²) in [5.41, 5.74) is 1.35. The van der Waals surface area contributed by atoms with Gasteiger partial charge in [-0.05, 0) is 31.5 Å². The van der Waals surface area contributed by atoms with Crippen LogP contribution in [0.15, 0.2) is 35.3 Å². The van der Waals surface area contributed by atoms with Crippen LogP contribution in [0.4, 0.5) is 5.69 Å². The molecule has 2 aliphatic heterocycles. The summed E-state index contributed by atoms with van der Waals surface area (Å²) < 4.78 is 5.29. The molecule has 0 spiro atoms. The van der Waals surface area contributed by atoms with E-state index in [0.717, 1.165) is 71.3 Å². The Morgan fingerprint density at radius 3 is 2.63 bits per heavy atom. The Kier molecular flexibility index (Phi) is 7.78. The van der Waals surface area contributed by atoms with Gasteiger partial charge in [0.15, 0.2) is 5.96 Å². The van der Waals surface area contributed by atoms with E-state index in [1.807, 2.05) is 7.05 Å². The van der Waals surface area contributed by atoms with E-state index in [-0.39, 0.29) is 0 Å². The van der Waals surface area contributed by atoms with Crippen molar-refractivity contribution in [2.24, 2.45) is 10.9 Å². The average molecular weight is 374 g/mol. The summed E-state index contributed by atoms with van der Waals surface area (Å²) in [5, 5.41) is 3.55. The van der Waals surface area contributed by atoms with Crippen molar-refractivity contribution in [2.45, 2.75) is 12.8 Å². The standard InChI is InChI=1S/C21H35N5O/c1-22-21(26-12-9-19(17-26)18-27-2)23-10-6-11-24-13-15-25(16-14-24)20-7-4-3-5-8-20/h3-5,7-8,19H,6,9-18H2,1-2H3,(H,22,23). The first-order chi connectivity index (χ1) is 13.3. The molecule has 3 rings (SSSR count). The van der Waals surface area contributed by atoms with Crippen molar-refractivity contribution in [3.05, 3.63) is 30.3 Å². The highest BCUT2D eigenvalue weighted by Crippen LogP contribution is 2.17. The molecule has 0 saturated carbocycles. The molecule has 2 fully saturated rings. The van der Waals surface area contributed by atoms with E-state index in [4.69, 9.17) is 4.74 Å². The number of aliphatic imine (C=N–C) groups is 1. The number of methoxy groups -OCH3 is 1. The van der Waals surface area contributed by atoms with Crippen molar-refractivity contribution >= 4 is 11.6 Å². The number of para-hydroxylation sites is 1. The van der Waals surface area contributed by atoms with Crippen LogP contribution in [0.25, 0.3) is 0 Å². The Hall–Kier alpha value is -1.79. The third-order valence-electron chi connectivity index (χ3n) is 5.63. The second kappa shape index (κ2) is 10.5. The molecule has 1 aromatic carbocycles. The van der Waals surface area contributed by atoms with Gasteiger partial charge >= 0.3 is 0 Å². The highest BCUT2D eigenvalue weighted by atomic mass is 16.5. The summed E-state index contributed by atoms with van der Waals surface area (Å²) in [6.07, 6.45) is 2.35. The molecule has 0 bridgehead atoms. The Labute approximate surface area is 164 Å². The lowest BCUT2D eigenvalue weighted by Gasteiger charge is -2.36. The van der Waals surface area contributed by atoms with E-state index in [2.05, 4.69) is 55.3 Å². The molecular formula is C21H35N5O. The van der Waals surface area contributed by atoms with Gasteiger partial charge in [0.2, 0.25) is 0 Å². The zero-order valence-corrected chi connectivity index (χ0v) is 16.9. The zero-order chi connectivity index (χ0) is 18.9. The molecule has 150 valence electrons. The van der Waals surface area contributed by atoms with Crippen molar-refractivity contribution in [3.8, 4) is 0 Å². The Morgan fingerprint density at radius 1 is 1.15 bits per heavy atom. The van der Waals surface area contributed by atoms with Gasteiger partial charge in [0, 0.05) is 71.6 Å². The molecule has 1 aromatic rings. The summed E-state index contributed by atoms with van der Waals surface area (Å²) in [6.45, 7) is 9.65. The van der Waals surface area contributed by atoms with E-state index < -0.39 is 0 Å². The molecule has 6 nitrogen and oxygen atoms in total. The summed E-state index contributed by atoms with van der Waals surface area (Å²) in [6, 6.07) is 10.7. The van der Waals surface area contributed by atoms with Crippen molar-refractivity contribution < 1.29 is 4.74 Å². The zero-order valence-electron chi connectivity index (χ0n) is 16.9. The number of benzene rings is 1. The maximum atomic E-state index is 5.29. The summed E-state index contributed by atoms with van der Waals surface area (Å²) >= 11 is 0. The molecule has 2 aliphatic rings. The molecule has 0 aromatic heterocycles. The maximum absolute atomic E-state index is 5.29. The van der Waals surface area contributed by atoms with E-state index in [1.165, 1.54) is 12.1 Å². The van der Waals surface area contributed by atoms with Crippen LogP contribution >= 0.6 is 0 Å². The van der Waals surface area contributed by atoms with E-state index in [1.54, 1.807) is 7.11 Å². The van der Waals surface area contributed by atoms with E-state index in [0.29, 0.717) is 5.92 Å². The number of nitrogens with zero attached hydrogens (tertiary/aromatic N) is 4. The number of hydrogen-bond donors (Lipinski definition) is 1. The van der Waals surface area contributed by atoms with Gasteiger partial charge in [-0.2, -0.15) is 0 Å². The summed E-state index contributed by atoms with van der Waals surface area (Å²) in [5.74, 6) is 1.68. The third-order valence-corrected chi connectivity index (χ3v) is 5.63. The fourth-order valence-corrected chi connectivity index (χ4v) is 4.10. The number of anilines is 1. The predicted molar refractivity (Wildman–Crippen MR) is 113 cm³/mol. The van der Waals surface area contributed by atoms with Gasteiger partial charge in [-0.1, -0.05) is 18.2 Å². The maximum Gasteiger partial charge on any atom is 0.193 e. The van der Waals surface area contributed by atoms with Gasteiger partial charge in [0.05, 0.1) is 6.61 Å². The van der Waals surface area contributed by atoms with Gasteiger partial charge in [-0.3, -0.25) is 9.89 Å². The molecule has 1 atom stereocenters. The molecule has 1 unspecified atom stereocenters. The predicted octanol–water partition coefficient (Wildman–Crippen LogP) is 1.74. The lowest BCUT2D eigenvalue weighted by molar-refractivity contribution is 0.157. The molecule has 2 saturated heterocycles. The largest absolute Gasteiger partial charge is 0.384 e. The van der Waals surface area contributed by atoms with Crippen molar-refractivity contribution in [2.75, 3.05) is 78.0 Å². The quantitative estimate of drug-likeness (QED) is 0.448. The van der Waals surface area contributed by atoms with Crippen molar-refractivity contribution in [3.63, 3.8) is 0 Å². The molecule has 27 heavy (non-hydrogen) atoms. The number of rotatable bonds is 7. The molecule has 2 heterocycles. The molecule has 0 radical (unpaired) electrons. The lowest BCUT2D eigenvalue weighted by atomic mass is 10.1. The van der Waals surface area contributed by atoms with Gasteiger partial charge in [-0.15, -0.1) is 0 Å². The minimum absolute atomic E-state index is 0.634. The summed E-state index contributed by atoms with van der Waals surface area (Å²) in [7, 11) is 3.67. The topological polar surface area (TPSA) is 43.3 Å². The molecule has 6 heteroatoms. The van der Waals surface area contributed by atoms with Crippen molar-refractivity contribution in [1.82, 2.24) is 15.1 Å². The van der Waals surface area contributed by atoms with Crippen LogP contribution in [-0.2, 0) is 4.74 Å². The second-order valence-electron chi connectivity index (χ2n) is 7.55. The number of hydrogen-bond acceptors (Lipinski definition) is 4. The molecule has 1 N–H and O–H groups in total. The van der Waals surface area contributed by atoms with Crippen LogP contribution in [0.2, 0.25) is 0 Å². The Balaban J connectivity index is 1.31. The van der Waals surface area contributed by atoms with Crippen LogP contribution in [0.3, 0.4) is 0 Å². The van der Waals surface area contributed by atoms with Crippen LogP contribution in [0.5, 0.6) is 0 Å². The minimum atomic E-state index is 0.634. The second-order valence-corrected chi connectivity index (χ2v) is 7.55. The van der Waals surface area contributed by atoms with Crippen molar-refractivity contribution in [1.29, 1.82) is 0 Å². The highest BCUT2D eigenvalue weighted by Gasteiger charge is 2.24. The van der Waals surface area contributed by atoms with Crippen LogP contribution in [0, 0.1) is 5.92 Å². The Bertz CT molecular complexity index is 571. The molecular weight excluding hydrogens is 338 g/mol. The van der Waals surface area contributed by atoms with Gasteiger partial charge in [-0.25, -0.2) is 0 Å². The summed E-state index contributed by atoms with van der Waals surface area (Å²) in [4.78, 5) is 11.9. The van der Waals surface area contributed by atoms with E-state index in [9.17, 15) is 0 Å². The van der Waals surface area contributed by atoms with Crippen LogP contribution < -0.4 is 10.2 Å². The van der Waals surface area contributed by atoms with E-state index >= 15 is 0 Å². The van der Waals surface area contributed by atoms with Gasteiger partial charge in [0.25, 0.3) is 0 Å². The van der Waals surface area contributed by atoms with Gasteiger partial charge < -0.3 is 19.9 Å². The first-order valence-corrected chi connectivity index (χ1v) is 10.3. The third kappa shape index (κ3) is 5.84. The smallest absolute Gasteiger partial charge is 0.193 e.